The highest BCUT2D eigenvalue weighted by Crippen LogP contribution is 2.04. The van der Waals surface area contributed by atoms with E-state index in [9.17, 15) is 9.59 Å². The van der Waals surface area contributed by atoms with Crippen LogP contribution in [0.5, 0.6) is 0 Å². The lowest BCUT2D eigenvalue weighted by Crippen LogP contribution is -2.24. The van der Waals surface area contributed by atoms with Crippen molar-refractivity contribution in [3.63, 3.8) is 0 Å². The fraction of sp³-hybridized carbons (Fsp3) is 0.333. The van der Waals surface area contributed by atoms with Gasteiger partial charge in [0.2, 0.25) is 5.91 Å². The third-order valence-corrected chi connectivity index (χ3v) is 2.31. The smallest absolute Gasteiger partial charge is 0.335 e. The fourth-order valence-corrected chi connectivity index (χ4v) is 1.37. The zero-order valence-corrected chi connectivity index (χ0v) is 9.69. The second-order valence-corrected chi connectivity index (χ2v) is 3.61. The van der Waals surface area contributed by atoms with Gasteiger partial charge in [0, 0.05) is 26.6 Å². The van der Waals surface area contributed by atoms with E-state index in [1.54, 1.807) is 25.2 Å². The zero-order valence-electron chi connectivity index (χ0n) is 9.69. The van der Waals surface area contributed by atoms with Gasteiger partial charge in [-0.1, -0.05) is 12.1 Å². The minimum Gasteiger partial charge on any atom is -0.478 e. The average molecular weight is 236 g/mol. The van der Waals surface area contributed by atoms with Crippen LogP contribution in [0.4, 0.5) is 0 Å². The van der Waals surface area contributed by atoms with Gasteiger partial charge in [0.25, 0.3) is 0 Å². The summed E-state index contributed by atoms with van der Waals surface area (Å²) in [7, 11) is 1.60. The summed E-state index contributed by atoms with van der Waals surface area (Å²) < 4.78 is 0. The second-order valence-electron chi connectivity index (χ2n) is 3.61. The molecule has 0 unspecified atom stereocenters. The van der Waals surface area contributed by atoms with Crippen molar-refractivity contribution in [2.45, 2.75) is 13.0 Å². The number of hydrogen-bond donors (Lipinski definition) is 3. The molecule has 17 heavy (non-hydrogen) atoms. The molecular weight excluding hydrogens is 220 g/mol. The van der Waals surface area contributed by atoms with Crippen LogP contribution in [0.15, 0.2) is 24.3 Å². The number of benzene rings is 1. The Bertz CT molecular complexity index is 404. The lowest BCUT2D eigenvalue weighted by atomic mass is 10.1. The van der Waals surface area contributed by atoms with Crippen LogP contribution in [-0.4, -0.2) is 30.6 Å². The predicted molar refractivity (Wildman–Crippen MR) is 63.8 cm³/mol. The summed E-state index contributed by atoms with van der Waals surface area (Å²) in [5.74, 6) is -0.950. The first-order chi connectivity index (χ1) is 8.13. The van der Waals surface area contributed by atoms with Gasteiger partial charge in [-0.2, -0.15) is 0 Å². The van der Waals surface area contributed by atoms with E-state index < -0.39 is 5.97 Å². The molecule has 1 aromatic carbocycles. The monoisotopic (exact) mass is 236 g/mol. The zero-order chi connectivity index (χ0) is 12.7. The van der Waals surface area contributed by atoms with E-state index in [-0.39, 0.29) is 11.5 Å². The van der Waals surface area contributed by atoms with Crippen molar-refractivity contribution in [3.8, 4) is 0 Å². The first-order valence-electron chi connectivity index (χ1n) is 5.37. The molecule has 0 heterocycles. The largest absolute Gasteiger partial charge is 0.478 e. The predicted octanol–water partition coefficient (Wildman–Crippen LogP) is 0.610. The molecule has 0 spiro atoms. The van der Waals surface area contributed by atoms with Crippen LogP contribution in [0, 0.1) is 0 Å². The van der Waals surface area contributed by atoms with E-state index in [4.69, 9.17) is 5.11 Å². The first kappa shape index (κ1) is 13.2. The maximum Gasteiger partial charge on any atom is 0.335 e. The van der Waals surface area contributed by atoms with Gasteiger partial charge in [0.05, 0.1) is 5.56 Å². The van der Waals surface area contributed by atoms with Crippen LogP contribution < -0.4 is 10.6 Å². The summed E-state index contributed by atoms with van der Waals surface area (Å²) >= 11 is 0. The Morgan fingerprint density at radius 1 is 1.35 bits per heavy atom. The van der Waals surface area contributed by atoms with Gasteiger partial charge >= 0.3 is 5.97 Å². The molecule has 5 heteroatoms. The van der Waals surface area contributed by atoms with E-state index in [1.165, 1.54) is 0 Å². The number of carboxylic acid groups (broad SMARTS) is 1. The highest BCUT2D eigenvalue weighted by atomic mass is 16.4. The van der Waals surface area contributed by atoms with Crippen LogP contribution >= 0.6 is 0 Å². The van der Waals surface area contributed by atoms with E-state index in [2.05, 4.69) is 10.6 Å². The van der Waals surface area contributed by atoms with E-state index >= 15 is 0 Å². The summed E-state index contributed by atoms with van der Waals surface area (Å²) in [4.78, 5) is 21.7. The van der Waals surface area contributed by atoms with Gasteiger partial charge in [-0.05, 0) is 17.7 Å². The summed E-state index contributed by atoms with van der Waals surface area (Å²) in [6, 6.07) is 6.73. The van der Waals surface area contributed by atoms with Crippen molar-refractivity contribution in [1.29, 1.82) is 0 Å². The van der Waals surface area contributed by atoms with Crippen molar-refractivity contribution < 1.29 is 14.7 Å². The summed E-state index contributed by atoms with van der Waals surface area (Å²) in [6.07, 6.45) is 0.412. The van der Waals surface area contributed by atoms with Gasteiger partial charge in [0.1, 0.15) is 0 Å². The SMILES string of the molecule is CNC(=O)CCNCc1cccc(C(=O)O)c1. The number of carboxylic acids is 1. The second kappa shape index (κ2) is 6.65. The van der Waals surface area contributed by atoms with Crippen molar-refractivity contribution >= 4 is 11.9 Å². The molecule has 5 nitrogen and oxygen atoms in total. The molecule has 1 rings (SSSR count). The summed E-state index contributed by atoms with van der Waals surface area (Å²) in [5.41, 5.74) is 1.16. The van der Waals surface area contributed by atoms with Crippen LogP contribution in [0.2, 0.25) is 0 Å². The molecule has 0 aromatic heterocycles. The summed E-state index contributed by atoms with van der Waals surface area (Å²) in [6.45, 7) is 1.12. The minimum atomic E-state index is -0.933. The highest BCUT2D eigenvalue weighted by molar-refractivity contribution is 5.87. The molecule has 0 bridgehead atoms. The molecule has 0 radical (unpaired) electrons. The minimum absolute atomic E-state index is 0.0169. The quantitative estimate of drug-likeness (QED) is 0.632. The average Bonchev–Trinajstić information content (AvgIpc) is 2.34. The molecular formula is C12H16N2O3. The van der Waals surface area contributed by atoms with Crippen LogP contribution in [-0.2, 0) is 11.3 Å². The number of carbonyl (C=O) groups excluding carboxylic acids is 1. The maximum atomic E-state index is 10.9. The number of amides is 1. The number of nitrogens with one attached hydrogen (secondary N) is 2. The van der Waals surface area contributed by atoms with E-state index in [1.807, 2.05) is 6.07 Å². The molecule has 3 N–H and O–H groups in total. The Kier molecular flexibility index (Phi) is 5.16. The fourth-order valence-electron chi connectivity index (χ4n) is 1.37. The lowest BCUT2D eigenvalue weighted by molar-refractivity contribution is -0.120. The Morgan fingerprint density at radius 2 is 2.12 bits per heavy atom. The third-order valence-electron chi connectivity index (χ3n) is 2.31. The molecule has 0 fully saturated rings. The van der Waals surface area contributed by atoms with Gasteiger partial charge in [-0.3, -0.25) is 4.79 Å². The number of rotatable bonds is 6. The number of aromatic carboxylic acids is 1. The Hall–Kier alpha value is -1.88. The van der Waals surface area contributed by atoms with Crippen molar-refractivity contribution in [2.24, 2.45) is 0 Å². The molecule has 1 amide bonds. The number of hydrogen-bond acceptors (Lipinski definition) is 3. The summed E-state index contributed by atoms with van der Waals surface area (Å²) in [5, 5.41) is 14.4. The van der Waals surface area contributed by atoms with Crippen LogP contribution in [0.1, 0.15) is 22.3 Å². The molecule has 92 valence electrons. The van der Waals surface area contributed by atoms with Gasteiger partial charge in [0.15, 0.2) is 0 Å². The van der Waals surface area contributed by atoms with E-state index in [0.717, 1.165) is 5.56 Å². The van der Waals surface area contributed by atoms with E-state index in [0.29, 0.717) is 19.5 Å². The van der Waals surface area contributed by atoms with Crippen LogP contribution in [0.25, 0.3) is 0 Å². The van der Waals surface area contributed by atoms with Crippen molar-refractivity contribution in [1.82, 2.24) is 10.6 Å². The topological polar surface area (TPSA) is 78.4 Å². The number of carbonyl (C=O) groups is 2. The standard InChI is InChI=1S/C12H16N2O3/c1-13-11(15)5-6-14-8-9-3-2-4-10(7-9)12(16)17/h2-4,7,14H,5-6,8H2,1H3,(H,13,15)(H,16,17). The molecule has 0 aliphatic carbocycles. The first-order valence-corrected chi connectivity index (χ1v) is 5.37. The molecule has 0 saturated heterocycles. The Labute approximate surface area is 99.8 Å². The molecule has 0 aliphatic rings. The molecule has 0 saturated carbocycles. The molecule has 1 aromatic rings. The highest BCUT2D eigenvalue weighted by Gasteiger charge is 2.03. The molecule has 0 atom stereocenters. The van der Waals surface area contributed by atoms with Crippen molar-refractivity contribution in [3.05, 3.63) is 35.4 Å². The van der Waals surface area contributed by atoms with Gasteiger partial charge in [-0.15, -0.1) is 0 Å². The normalized spacial score (nSPS) is 9.94. The Morgan fingerprint density at radius 3 is 2.76 bits per heavy atom. The molecule has 0 aliphatic heterocycles. The van der Waals surface area contributed by atoms with Crippen molar-refractivity contribution in [2.75, 3.05) is 13.6 Å². The third kappa shape index (κ3) is 4.65. The van der Waals surface area contributed by atoms with Crippen LogP contribution in [0.3, 0.4) is 0 Å². The maximum absolute atomic E-state index is 10.9. The van der Waals surface area contributed by atoms with Gasteiger partial charge < -0.3 is 15.7 Å². The van der Waals surface area contributed by atoms with Gasteiger partial charge in [-0.25, -0.2) is 4.79 Å². The lowest BCUT2D eigenvalue weighted by Gasteiger charge is -2.05. The Balaban J connectivity index is 2.39.